The lowest BCUT2D eigenvalue weighted by Crippen LogP contribution is -2.54. The molecule has 3 aromatic carbocycles. The first-order valence-electron chi connectivity index (χ1n) is 16.1. The number of fused-ring (bicyclic) bond motifs is 4. The van der Waals surface area contributed by atoms with Crippen LogP contribution >= 0.6 is 0 Å². The lowest BCUT2D eigenvalue weighted by atomic mass is 9.70. The van der Waals surface area contributed by atoms with Crippen molar-refractivity contribution in [2.45, 2.75) is 88.8 Å². The second kappa shape index (κ2) is 9.95. The van der Waals surface area contributed by atoms with Crippen molar-refractivity contribution in [3.63, 3.8) is 0 Å². The van der Waals surface area contributed by atoms with Gasteiger partial charge in [-0.15, -0.1) is 0 Å². The van der Waals surface area contributed by atoms with Gasteiger partial charge in [-0.05, 0) is 114 Å². The molecule has 5 unspecified atom stereocenters. The Balaban J connectivity index is 1.14. The van der Waals surface area contributed by atoms with E-state index in [1.165, 1.54) is 71.7 Å². The van der Waals surface area contributed by atoms with Crippen LogP contribution < -0.4 is 5.32 Å². The largest absolute Gasteiger partial charge is 0.303 e. The summed E-state index contributed by atoms with van der Waals surface area (Å²) in [5, 5.41) is 6.96. The van der Waals surface area contributed by atoms with E-state index in [0.29, 0.717) is 23.9 Å². The molecule has 1 heterocycles. The number of nitrogens with one attached hydrogen (secondary N) is 1. The summed E-state index contributed by atoms with van der Waals surface area (Å²) in [7, 11) is 0. The maximum Gasteiger partial charge on any atom is 0.0909 e. The Hall–Kier alpha value is -3.23. The van der Waals surface area contributed by atoms with Gasteiger partial charge in [0.25, 0.3) is 0 Å². The molecule has 0 fully saturated rings. The zero-order valence-corrected chi connectivity index (χ0v) is 24.6. The van der Waals surface area contributed by atoms with Crippen LogP contribution in [0, 0.1) is 11.8 Å². The van der Waals surface area contributed by atoms with Gasteiger partial charge < -0.3 is 5.32 Å². The molecule has 3 aromatic rings. The minimum atomic E-state index is 0.0841. The molecule has 1 N–H and O–H groups in total. The maximum absolute atomic E-state index is 5.73. The summed E-state index contributed by atoms with van der Waals surface area (Å²) in [5.41, 5.74) is 10.7. The van der Waals surface area contributed by atoms with E-state index in [4.69, 9.17) is 4.99 Å². The van der Waals surface area contributed by atoms with E-state index in [1.54, 1.807) is 16.7 Å². The third-order valence-electron chi connectivity index (χ3n) is 11.1. The van der Waals surface area contributed by atoms with Crippen molar-refractivity contribution in [2.75, 3.05) is 0 Å². The van der Waals surface area contributed by atoms with E-state index >= 15 is 0 Å². The fourth-order valence-electron chi connectivity index (χ4n) is 8.88. The van der Waals surface area contributed by atoms with Gasteiger partial charge in [-0.1, -0.05) is 92.2 Å². The quantitative estimate of drug-likeness (QED) is 0.330. The van der Waals surface area contributed by atoms with Crippen LogP contribution in [0.4, 0.5) is 0 Å². The van der Waals surface area contributed by atoms with E-state index in [0.717, 1.165) is 12.8 Å². The first-order chi connectivity index (χ1) is 20.1. The van der Waals surface area contributed by atoms with E-state index < -0.39 is 0 Å². The first-order valence-corrected chi connectivity index (χ1v) is 16.1. The number of benzene rings is 3. The van der Waals surface area contributed by atoms with Crippen molar-refractivity contribution in [3.05, 3.63) is 113 Å². The number of aliphatic imine (C=N–C) groups is 1. The van der Waals surface area contributed by atoms with Crippen molar-refractivity contribution in [1.82, 2.24) is 5.32 Å². The summed E-state index contributed by atoms with van der Waals surface area (Å²) < 4.78 is 0. The fraction of sp³-hybridized carbons (Fsp3) is 0.410. The Morgan fingerprint density at radius 2 is 1.66 bits per heavy atom. The number of rotatable bonds is 3. The smallest absolute Gasteiger partial charge is 0.0909 e. The van der Waals surface area contributed by atoms with Gasteiger partial charge in [-0.2, -0.15) is 0 Å². The second-order valence-corrected chi connectivity index (χ2v) is 13.7. The molecule has 0 spiro atoms. The van der Waals surface area contributed by atoms with Crippen LogP contribution in [-0.4, -0.2) is 17.8 Å². The van der Waals surface area contributed by atoms with Crippen LogP contribution in [0.25, 0.3) is 16.3 Å². The molecule has 2 heteroatoms. The minimum absolute atomic E-state index is 0.0841. The number of hydrogen-bond donors (Lipinski definition) is 1. The van der Waals surface area contributed by atoms with Crippen molar-refractivity contribution >= 4 is 22.1 Å². The Labute approximate surface area is 245 Å². The predicted octanol–water partition coefficient (Wildman–Crippen LogP) is 9.28. The second-order valence-electron chi connectivity index (χ2n) is 13.7. The summed E-state index contributed by atoms with van der Waals surface area (Å²) >= 11 is 0. The van der Waals surface area contributed by atoms with Crippen LogP contribution in [0.3, 0.4) is 0 Å². The third kappa shape index (κ3) is 4.21. The molecule has 1 aliphatic heterocycles. The van der Waals surface area contributed by atoms with E-state index in [2.05, 4.69) is 104 Å². The van der Waals surface area contributed by atoms with E-state index in [9.17, 15) is 0 Å². The topological polar surface area (TPSA) is 24.4 Å². The molecule has 0 radical (unpaired) electrons. The van der Waals surface area contributed by atoms with Gasteiger partial charge in [-0.3, -0.25) is 4.99 Å². The van der Waals surface area contributed by atoms with Gasteiger partial charge in [0.15, 0.2) is 0 Å². The summed E-state index contributed by atoms with van der Waals surface area (Å²) in [6, 6.07) is 26.0. The van der Waals surface area contributed by atoms with Crippen molar-refractivity contribution in [2.24, 2.45) is 16.8 Å². The van der Waals surface area contributed by atoms with Gasteiger partial charge in [0.2, 0.25) is 0 Å². The lowest BCUT2D eigenvalue weighted by Gasteiger charge is -2.44. The summed E-state index contributed by atoms with van der Waals surface area (Å²) in [6.07, 6.45) is 16.9. The molecule has 5 aliphatic rings. The van der Waals surface area contributed by atoms with Gasteiger partial charge in [0.05, 0.1) is 11.8 Å². The van der Waals surface area contributed by atoms with Gasteiger partial charge in [-0.25, -0.2) is 0 Å². The molecule has 0 amide bonds. The van der Waals surface area contributed by atoms with Crippen LogP contribution in [0.15, 0.2) is 101 Å². The standard InChI is InChI=1S/C39H42N2/c1-39(2)33-24-29(20-21-31(33)32-22-27-16-9-10-17-28(27)23-34(32)39)30-18-11-19-35-38(30)41-37(26-14-7-4-8-15-26)36(40-35)25-12-5-3-6-13-25/h3-5,7-10,14-18,22-23,25,29,35-37,40H,6,11-13,19-21,24H2,1-2H3. The molecule has 0 aromatic heterocycles. The first kappa shape index (κ1) is 25.5. The average molecular weight is 539 g/mol. The summed E-state index contributed by atoms with van der Waals surface area (Å²) in [6.45, 7) is 4.94. The zero-order valence-electron chi connectivity index (χ0n) is 24.6. The van der Waals surface area contributed by atoms with E-state index in [-0.39, 0.29) is 11.5 Å². The molecule has 0 saturated heterocycles. The lowest BCUT2D eigenvalue weighted by molar-refractivity contribution is 0.264. The van der Waals surface area contributed by atoms with Crippen LogP contribution in [0.2, 0.25) is 0 Å². The van der Waals surface area contributed by atoms with E-state index in [1.807, 2.05) is 0 Å². The van der Waals surface area contributed by atoms with Crippen LogP contribution in [-0.2, 0) is 5.41 Å². The fourth-order valence-corrected chi connectivity index (χ4v) is 8.88. The SMILES string of the molecule is CC1(C)C2=C(CCC(C3=CCCC4NC(C5CC=CCC5)C(c5ccccc5)N=C34)C2)c2cc3ccccc3cc21. The highest BCUT2D eigenvalue weighted by molar-refractivity contribution is 6.06. The number of allylic oxidation sites excluding steroid dienone is 5. The Morgan fingerprint density at radius 1 is 0.854 bits per heavy atom. The predicted molar refractivity (Wildman–Crippen MR) is 172 cm³/mol. The molecule has 8 rings (SSSR count). The normalized spacial score (nSPS) is 30.3. The summed E-state index contributed by atoms with van der Waals surface area (Å²) in [5.74, 6) is 1.21. The highest BCUT2D eigenvalue weighted by atomic mass is 15.1. The van der Waals surface area contributed by atoms with Gasteiger partial charge >= 0.3 is 0 Å². The Bertz CT molecular complexity index is 1620. The third-order valence-corrected chi connectivity index (χ3v) is 11.1. The molecule has 208 valence electrons. The molecular formula is C39H42N2. The molecule has 5 atom stereocenters. The molecule has 41 heavy (non-hydrogen) atoms. The molecule has 2 nitrogen and oxygen atoms in total. The number of hydrogen-bond acceptors (Lipinski definition) is 2. The van der Waals surface area contributed by atoms with Crippen LogP contribution in [0.1, 0.15) is 87.9 Å². The van der Waals surface area contributed by atoms with Gasteiger partial charge in [0, 0.05) is 17.5 Å². The van der Waals surface area contributed by atoms with Crippen molar-refractivity contribution in [1.29, 1.82) is 0 Å². The molecule has 0 saturated carbocycles. The highest BCUT2D eigenvalue weighted by Crippen LogP contribution is 2.55. The molecule has 4 aliphatic carbocycles. The Kier molecular flexibility index (Phi) is 6.18. The van der Waals surface area contributed by atoms with Crippen LogP contribution in [0.5, 0.6) is 0 Å². The van der Waals surface area contributed by atoms with Gasteiger partial charge in [0.1, 0.15) is 0 Å². The molecular weight excluding hydrogens is 496 g/mol. The minimum Gasteiger partial charge on any atom is -0.303 e. The monoisotopic (exact) mass is 538 g/mol. The maximum atomic E-state index is 5.73. The molecule has 0 bridgehead atoms. The van der Waals surface area contributed by atoms with Crippen molar-refractivity contribution < 1.29 is 0 Å². The zero-order chi connectivity index (χ0) is 27.6. The number of nitrogens with zero attached hydrogens (tertiary/aromatic N) is 1. The highest BCUT2D eigenvalue weighted by Gasteiger charge is 2.44. The average Bonchev–Trinajstić information content (AvgIpc) is 3.25. The van der Waals surface area contributed by atoms with Crippen molar-refractivity contribution in [3.8, 4) is 0 Å². The Morgan fingerprint density at radius 3 is 2.46 bits per heavy atom. The summed E-state index contributed by atoms with van der Waals surface area (Å²) in [4.78, 5) is 5.73.